The molecule has 1 amide bonds. The molecule has 0 aliphatic carbocycles. The number of carbonyl (C=O) groups is 1. The summed E-state index contributed by atoms with van der Waals surface area (Å²) in [6, 6.07) is 12.2. The van der Waals surface area contributed by atoms with Gasteiger partial charge in [0, 0.05) is 12.1 Å². The fraction of sp³-hybridized carbons (Fsp3) is 0.0714. The van der Waals surface area contributed by atoms with Gasteiger partial charge in [-0.2, -0.15) is 0 Å². The average molecular weight is 247 g/mol. The molecule has 0 radical (unpaired) electrons. The van der Waals surface area contributed by atoms with Crippen molar-refractivity contribution in [2.45, 2.75) is 6.54 Å². The zero-order valence-corrected chi connectivity index (χ0v) is 9.49. The van der Waals surface area contributed by atoms with Gasteiger partial charge in [0.25, 0.3) is 5.91 Å². The van der Waals surface area contributed by atoms with Gasteiger partial charge in [0.15, 0.2) is 11.6 Å². The molecule has 2 aromatic carbocycles. The smallest absolute Gasteiger partial charge is 0.251 e. The van der Waals surface area contributed by atoms with Gasteiger partial charge in [0.05, 0.1) is 0 Å². The van der Waals surface area contributed by atoms with Crippen LogP contribution in [0.4, 0.5) is 8.78 Å². The van der Waals surface area contributed by atoms with E-state index in [9.17, 15) is 13.6 Å². The van der Waals surface area contributed by atoms with Gasteiger partial charge in [-0.05, 0) is 29.8 Å². The summed E-state index contributed by atoms with van der Waals surface area (Å²) in [5.74, 6) is -2.06. The molecule has 1 N–H and O–H groups in total. The summed E-state index contributed by atoms with van der Waals surface area (Å²) in [7, 11) is 0. The highest BCUT2D eigenvalue weighted by molar-refractivity contribution is 5.94. The van der Waals surface area contributed by atoms with E-state index in [1.807, 2.05) is 6.07 Å². The third-order valence-electron chi connectivity index (χ3n) is 2.47. The molecule has 0 bridgehead atoms. The van der Waals surface area contributed by atoms with Crippen molar-refractivity contribution >= 4 is 5.91 Å². The van der Waals surface area contributed by atoms with E-state index in [4.69, 9.17) is 0 Å². The van der Waals surface area contributed by atoms with Crippen LogP contribution < -0.4 is 5.32 Å². The molecule has 0 aliphatic rings. The fourth-order valence-electron chi connectivity index (χ4n) is 1.52. The third-order valence-corrected chi connectivity index (χ3v) is 2.47. The zero-order valence-electron chi connectivity index (χ0n) is 9.49. The van der Waals surface area contributed by atoms with Crippen molar-refractivity contribution in [1.29, 1.82) is 0 Å². The van der Waals surface area contributed by atoms with E-state index in [0.717, 1.165) is 12.1 Å². The topological polar surface area (TPSA) is 29.1 Å². The van der Waals surface area contributed by atoms with Crippen LogP contribution in [0.1, 0.15) is 15.9 Å². The van der Waals surface area contributed by atoms with E-state index in [-0.39, 0.29) is 12.5 Å². The van der Waals surface area contributed by atoms with Crippen LogP contribution in [-0.4, -0.2) is 5.91 Å². The maximum Gasteiger partial charge on any atom is 0.251 e. The number of halogens is 2. The molecule has 4 heteroatoms. The molecule has 0 unspecified atom stereocenters. The number of benzene rings is 2. The van der Waals surface area contributed by atoms with Gasteiger partial charge in [-0.1, -0.05) is 24.3 Å². The van der Waals surface area contributed by atoms with E-state index < -0.39 is 11.6 Å². The van der Waals surface area contributed by atoms with Crippen molar-refractivity contribution in [2.75, 3.05) is 0 Å². The molecule has 0 atom stereocenters. The van der Waals surface area contributed by atoms with E-state index in [2.05, 4.69) is 5.32 Å². The SMILES string of the molecule is O=C(NCc1ccc(F)c(F)c1)c1ccccc1. The standard InChI is InChI=1S/C14H11F2NO/c15-12-7-6-10(8-13(12)16)9-17-14(18)11-4-2-1-3-5-11/h1-8H,9H2,(H,17,18). The first-order chi connectivity index (χ1) is 8.66. The van der Waals surface area contributed by atoms with Crippen LogP contribution in [0.3, 0.4) is 0 Å². The van der Waals surface area contributed by atoms with Gasteiger partial charge < -0.3 is 5.32 Å². The number of hydrogen-bond acceptors (Lipinski definition) is 1. The Morgan fingerprint density at radius 3 is 2.39 bits per heavy atom. The molecule has 0 aliphatic heterocycles. The molecule has 0 heterocycles. The van der Waals surface area contributed by atoms with Gasteiger partial charge in [0.1, 0.15) is 0 Å². The Hall–Kier alpha value is -2.23. The molecule has 2 aromatic rings. The molecule has 92 valence electrons. The second-order valence-electron chi connectivity index (χ2n) is 3.80. The number of carbonyl (C=O) groups excluding carboxylic acids is 1. The predicted octanol–water partition coefficient (Wildman–Crippen LogP) is 2.89. The van der Waals surface area contributed by atoms with Gasteiger partial charge >= 0.3 is 0 Å². The van der Waals surface area contributed by atoms with E-state index in [0.29, 0.717) is 11.1 Å². The largest absolute Gasteiger partial charge is 0.348 e. The maximum absolute atomic E-state index is 12.9. The van der Waals surface area contributed by atoms with Crippen molar-refractivity contribution in [3.8, 4) is 0 Å². The minimum absolute atomic E-state index is 0.158. The van der Waals surface area contributed by atoms with E-state index >= 15 is 0 Å². The predicted molar refractivity (Wildman–Crippen MR) is 64.0 cm³/mol. The lowest BCUT2D eigenvalue weighted by Crippen LogP contribution is -2.22. The quantitative estimate of drug-likeness (QED) is 0.887. The number of rotatable bonds is 3. The molecule has 0 saturated heterocycles. The second kappa shape index (κ2) is 5.40. The summed E-state index contributed by atoms with van der Waals surface area (Å²) in [4.78, 5) is 11.7. The molecule has 2 rings (SSSR count). The first-order valence-electron chi connectivity index (χ1n) is 5.44. The summed E-state index contributed by atoms with van der Waals surface area (Å²) in [6.45, 7) is 0.158. The van der Waals surface area contributed by atoms with Gasteiger partial charge in [-0.3, -0.25) is 4.79 Å². The van der Waals surface area contributed by atoms with Gasteiger partial charge in [-0.15, -0.1) is 0 Å². The van der Waals surface area contributed by atoms with Gasteiger partial charge in [0.2, 0.25) is 0 Å². The van der Waals surface area contributed by atoms with Crippen molar-refractivity contribution in [3.05, 3.63) is 71.3 Å². The Kier molecular flexibility index (Phi) is 3.67. The van der Waals surface area contributed by atoms with Crippen LogP contribution >= 0.6 is 0 Å². The summed E-state index contributed by atoms with van der Waals surface area (Å²) in [5, 5.41) is 2.63. The monoisotopic (exact) mass is 247 g/mol. The Labute approximate surface area is 103 Å². The lowest BCUT2D eigenvalue weighted by molar-refractivity contribution is 0.0951. The molecular weight excluding hydrogens is 236 g/mol. The maximum atomic E-state index is 12.9. The third kappa shape index (κ3) is 2.91. The van der Waals surface area contributed by atoms with Crippen molar-refractivity contribution in [2.24, 2.45) is 0 Å². The lowest BCUT2D eigenvalue weighted by Gasteiger charge is -2.05. The van der Waals surface area contributed by atoms with E-state index in [1.165, 1.54) is 6.07 Å². The highest BCUT2D eigenvalue weighted by Gasteiger charge is 2.06. The zero-order chi connectivity index (χ0) is 13.0. The summed E-state index contributed by atoms with van der Waals surface area (Å²) in [5.41, 5.74) is 1.04. The van der Waals surface area contributed by atoms with Crippen LogP contribution in [0.5, 0.6) is 0 Å². The first kappa shape index (κ1) is 12.2. The van der Waals surface area contributed by atoms with E-state index in [1.54, 1.807) is 24.3 Å². The highest BCUT2D eigenvalue weighted by atomic mass is 19.2. The van der Waals surface area contributed by atoms with Crippen LogP contribution in [0, 0.1) is 11.6 Å². The Morgan fingerprint density at radius 2 is 1.72 bits per heavy atom. The second-order valence-corrected chi connectivity index (χ2v) is 3.80. The fourth-order valence-corrected chi connectivity index (χ4v) is 1.52. The Balaban J connectivity index is 1.99. The minimum Gasteiger partial charge on any atom is -0.348 e. The van der Waals surface area contributed by atoms with Crippen LogP contribution in [-0.2, 0) is 6.54 Å². The first-order valence-corrected chi connectivity index (χ1v) is 5.44. The Morgan fingerprint density at radius 1 is 1.00 bits per heavy atom. The van der Waals surface area contributed by atoms with Crippen molar-refractivity contribution < 1.29 is 13.6 Å². The summed E-state index contributed by atoms with van der Waals surface area (Å²) in [6.07, 6.45) is 0. The summed E-state index contributed by atoms with van der Waals surface area (Å²) < 4.78 is 25.6. The number of nitrogens with one attached hydrogen (secondary N) is 1. The summed E-state index contributed by atoms with van der Waals surface area (Å²) >= 11 is 0. The molecule has 0 aromatic heterocycles. The van der Waals surface area contributed by atoms with Crippen molar-refractivity contribution in [3.63, 3.8) is 0 Å². The molecular formula is C14H11F2NO. The average Bonchev–Trinajstić information content (AvgIpc) is 2.41. The van der Waals surface area contributed by atoms with Crippen LogP contribution in [0.25, 0.3) is 0 Å². The van der Waals surface area contributed by atoms with Crippen LogP contribution in [0.2, 0.25) is 0 Å². The Bertz CT molecular complexity index is 555. The van der Waals surface area contributed by atoms with Crippen LogP contribution in [0.15, 0.2) is 48.5 Å². The molecule has 2 nitrogen and oxygen atoms in total. The molecule has 0 spiro atoms. The molecule has 0 saturated carbocycles. The molecule has 18 heavy (non-hydrogen) atoms. The van der Waals surface area contributed by atoms with Gasteiger partial charge in [-0.25, -0.2) is 8.78 Å². The number of hydrogen-bond donors (Lipinski definition) is 1. The lowest BCUT2D eigenvalue weighted by atomic mass is 10.2. The molecule has 0 fully saturated rings. The van der Waals surface area contributed by atoms with Crippen molar-refractivity contribution in [1.82, 2.24) is 5.32 Å². The highest BCUT2D eigenvalue weighted by Crippen LogP contribution is 2.08. The minimum atomic E-state index is -0.915. The normalized spacial score (nSPS) is 10.1. The number of amides is 1.